The molecular weight excluding hydrogens is 234 g/mol. The minimum absolute atomic E-state index is 0.0564. The highest BCUT2D eigenvalue weighted by Gasteiger charge is 2.47. The van der Waals surface area contributed by atoms with E-state index >= 15 is 0 Å². The van der Waals surface area contributed by atoms with Gasteiger partial charge in [0.1, 0.15) is 0 Å². The van der Waals surface area contributed by atoms with E-state index in [0.717, 1.165) is 16.6 Å². The van der Waals surface area contributed by atoms with Gasteiger partial charge >= 0.3 is 0 Å². The quantitative estimate of drug-likeness (QED) is 0.829. The van der Waals surface area contributed by atoms with Gasteiger partial charge in [0.2, 0.25) is 0 Å². The van der Waals surface area contributed by atoms with Crippen LogP contribution in [0.4, 0.5) is 8.78 Å². The molecule has 0 aliphatic heterocycles. The van der Waals surface area contributed by atoms with Crippen molar-refractivity contribution in [2.45, 2.75) is 31.6 Å². The number of nitrogens with zero attached hydrogens (tertiary/aromatic N) is 2. The maximum absolute atomic E-state index is 13.1. The van der Waals surface area contributed by atoms with Crippen molar-refractivity contribution in [3.8, 4) is 0 Å². The van der Waals surface area contributed by atoms with Crippen LogP contribution in [0.1, 0.15) is 24.8 Å². The summed E-state index contributed by atoms with van der Waals surface area (Å²) in [6.45, 7) is 0. The summed E-state index contributed by atoms with van der Waals surface area (Å²) in [7, 11) is 0. The van der Waals surface area contributed by atoms with Gasteiger partial charge in [-0.05, 0) is 37.0 Å². The molecular formula is C14H14F2N2. The smallest absolute Gasteiger partial charge is 0.250 e. The Balaban J connectivity index is 1.71. The van der Waals surface area contributed by atoms with E-state index < -0.39 is 11.8 Å². The van der Waals surface area contributed by atoms with Crippen molar-refractivity contribution in [2.24, 2.45) is 5.92 Å². The topological polar surface area (TPSA) is 25.8 Å². The molecule has 1 aromatic carbocycles. The maximum atomic E-state index is 13.1. The Morgan fingerprint density at radius 2 is 1.94 bits per heavy atom. The van der Waals surface area contributed by atoms with Crippen molar-refractivity contribution >= 4 is 11.0 Å². The minimum Gasteiger partial charge on any atom is -0.253 e. The lowest BCUT2D eigenvalue weighted by atomic mass is 9.77. The highest BCUT2D eigenvalue weighted by Crippen LogP contribution is 2.45. The van der Waals surface area contributed by atoms with E-state index in [-0.39, 0.29) is 6.42 Å². The van der Waals surface area contributed by atoms with Crippen LogP contribution in [0.5, 0.6) is 0 Å². The highest BCUT2D eigenvalue weighted by atomic mass is 19.3. The zero-order valence-corrected chi connectivity index (χ0v) is 9.94. The fraction of sp³-hybridized carbons (Fsp3) is 0.429. The number of aromatic nitrogens is 2. The number of fused-ring (bicyclic) bond motifs is 1. The Morgan fingerprint density at radius 1 is 1.17 bits per heavy atom. The summed E-state index contributed by atoms with van der Waals surface area (Å²) < 4.78 is 26.3. The fourth-order valence-electron chi connectivity index (χ4n) is 2.43. The Morgan fingerprint density at radius 3 is 2.61 bits per heavy atom. The van der Waals surface area contributed by atoms with Gasteiger partial charge in [-0.15, -0.1) is 0 Å². The lowest BCUT2D eigenvalue weighted by Crippen LogP contribution is -2.38. The monoisotopic (exact) mass is 248 g/mol. The molecule has 0 bridgehead atoms. The normalized spacial score (nSPS) is 21.8. The molecule has 1 unspecified atom stereocenters. The van der Waals surface area contributed by atoms with Crippen LogP contribution in [0.2, 0.25) is 0 Å². The van der Waals surface area contributed by atoms with Crippen molar-refractivity contribution < 1.29 is 8.78 Å². The molecule has 1 heterocycles. The van der Waals surface area contributed by atoms with E-state index in [1.807, 2.05) is 18.2 Å². The highest BCUT2D eigenvalue weighted by molar-refractivity contribution is 5.74. The molecule has 1 saturated carbocycles. The average Bonchev–Trinajstić information content (AvgIpc) is 2.37. The molecule has 18 heavy (non-hydrogen) atoms. The molecule has 1 fully saturated rings. The van der Waals surface area contributed by atoms with Gasteiger partial charge in [-0.1, -0.05) is 6.07 Å². The second-order valence-corrected chi connectivity index (χ2v) is 4.91. The molecule has 0 saturated heterocycles. The van der Waals surface area contributed by atoms with Crippen molar-refractivity contribution in [3.63, 3.8) is 0 Å². The Labute approximate surface area is 104 Å². The molecule has 94 valence electrons. The molecule has 1 aromatic heterocycles. The molecule has 0 N–H and O–H groups in total. The first-order valence-electron chi connectivity index (χ1n) is 6.23. The van der Waals surface area contributed by atoms with Crippen LogP contribution in [0.25, 0.3) is 11.0 Å². The second kappa shape index (κ2) is 4.26. The zero-order chi connectivity index (χ0) is 12.6. The minimum atomic E-state index is -2.43. The summed E-state index contributed by atoms with van der Waals surface area (Å²) in [4.78, 5) is 8.41. The van der Waals surface area contributed by atoms with Gasteiger partial charge in [-0.2, -0.15) is 0 Å². The third-order valence-corrected chi connectivity index (χ3v) is 3.74. The third kappa shape index (κ3) is 2.07. The number of hydrogen-bond donors (Lipinski definition) is 0. The van der Waals surface area contributed by atoms with Gasteiger partial charge in [-0.3, -0.25) is 9.97 Å². The molecule has 0 amide bonds. The maximum Gasteiger partial charge on any atom is 0.250 e. The Hall–Kier alpha value is -1.58. The first kappa shape index (κ1) is 11.5. The Kier molecular flexibility index (Phi) is 2.73. The van der Waals surface area contributed by atoms with E-state index in [1.54, 1.807) is 12.4 Å². The molecule has 1 aliphatic rings. The van der Waals surface area contributed by atoms with Gasteiger partial charge < -0.3 is 0 Å². The summed E-state index contributed by atoms with van der Waals surface area (Å²) >= 11 is 0. The van der Waals surface area contributed by atoms with Crippen LogP contribution in [0, 0.1) is 5.92 Å². The lowest BCUT2D eigenvalue weighted by Gasteiger charge is -2.36. The van der Waals surface area contributed by atoms with Crippen LogP contribution < -0.4 is 0 Å². The molecule has 1 aliphatic carbocycles. The van der Waals surface area contributed by atoms with Crippen LogP contribution in [-0.4, -0.2) is 15.9 Å². The molecule has 4 heteroatoms. The van der Waals surface area contributed by atoms with E-state index in [1.165, 1.54) is 0 Å². The third-order valence-electron chi connectivity index (χ3n) is 3.74. The molecule has 1 atom stereocenters. The summed E-state index contributed by atoms with van der Waals surface area (Å²) in [6.07, 6.45) is 5.25. The summed E-state index contributed by atoms with van der Waals surface area (Å²) in [5.74, 6) is -2.87. The SMILES string of the molecule is FC1(F)CCC1CCc1ccc2nccnc2c1. The van der Waals surface area contributed by atoms with Crippen LogP contribution in [-0.2, 0) is 6.42 Å². The Bertz CT molecular complexity index is 568. The first-order chi connectivity index (χ1) is 8.65. The van der Waals surface area contributed by atoms with Gasteiger partial charge in [0.05, 0.1) is 11.0 Å². The lowest BCUT2D eigenvalue weighted by molar-refractivity contribution is -0.134. The van der Waals surface area contributed by atoms with Crippen molar-refractivity contribution in [3.05, 3.63) is 36.2 Å². The number of aryl methyl sites for hydroxylation is 1. The molecule has 0 spiro atoms. The van der Waals surface area contributed by atoms with Gasteiger partial charge in [0.15, 0.2) is 0 Å². The zero-order valence-electron chi connectivity index (χ0n) is 9.94. The number of alkyl halides is 2. The van der Waals surface area contributed by atoms with E-state index in [4.69, 9.17) is 0 Å². The predicted molar refractivity (Wildman–Crippen MR) is 65.5 cm³/mol. The first-order valence-corrected chi connectivity index (χ1v) is 6.23. The predicted octanol–water partition coefficient (Wildman–Crippen LogP) is 3.61. The van der Waals surface area contributed by atoms with Gasteiger partial charge in [-0.25, -0.2) is 8.78 Å². The van der Waals surface area contributed by atoms with Crippen molar-refractivity contribution in [1.82, 2.24) is 9.97 Å². The van der Waals surface area contributed by atoms with Crippen LogP contribution in [0.15, 0.2) is 30.6 Å². The standard InChI is InChI=1S/C14H14F2N2/c15-14(16)6-5-11(14)3-1-10-2-4-12-13(9-10)18-8-7-17-12/h2,4,7-9,11H,1,3,5-6H2. The van der Waals surface area contributed by atoms with Crippen LogP contribution in [0.3, 0.4) is 0 Å². The number of halogens is 2. The van der Waals surface area contributed by atoms with E-state index in [0.29, 0.717) is 19.3 Å². The fourth-order valence-corrected chi connectivity index (χ4v) is 2.43. The van der Waals surface area contributed by atoms with Gasteiger partial charge in [0.25, 0.3) is 5.92 Å². The number of rotatable bonds is 3. The average molecular weight is 248 g/mol. The summed E-state index contributed by atoms with van der Waals surface area (Å²) in [5.41, 5.74) is 2.73. The van der Waals surface area contributed by atoms with E-state index in [2.05, 4.69) is 9.97 Å². The molecule has 2 aromatic rings. The molecule has 2 nitrogen and oxygen atoms in total. The number of hydrogen-bond acceptors (Lipinski definition) is 2. The van der Waals surface area contributed by atoms with Crippen molar-refractivity contribution in [2.75, 3.05) is 0 Å². The van der Waals surface area contributed by atoms with E-state index in [9.17, 15) is 8.78 Å². The molecule has 3 rings (SSSR count). The largest absolute Gasteiger partial charge is 0.253 e. The number of benzene rings is 1. The summed E-state index contributed by atoms with van der Waals surface area (Å²) in [6, 6.07) is 5.80. The van der Waals surface area contributed by atoms with Crippen LogP contribution >= 0.6 is 0 Å². The second-order valence-electron chi connectivity index (χ2n) is 4.91. The van der Waals surface area contributed by atoms with Crippen molar-refractivity contribution in [1.29, 1.82) is 0 Å². The summed E-state index contributed by atoms with van der Waals surface area (Å²) in [5, 5.41) is 0. The molecule has 0 radical (unpaired) electrons. The van der Waals surface area contributed by atoms with Gasteiger partial charge in [0, 0.05) is 24.7 Å².